The Labute approximate surface area is 150 Å². The third kappa shape index (κ3) is 4.45. The predicted molar refractivity (Wildman–Crippen MR) is 102 cm³/mol. The normalized spacial score (nSPS) is 10.4. The van der Waals surface area contributed by atoms with Crippen molar-refractivity contribution in [3.05, 3.63) is 98.7 Å². The second-order valence-electron chi connectivity index (χ2n) is 5.03. The highest BCUT2D eigenvalue weighted by molar-refractivity contribution is 7.14. The van der Waals surface area contributed by atoms with E-state index in [4.69, 9.17) is 11.6 Å². The highest BCUT2D eigenvalue weighted by Gasteiger charge is 2.05. The molecule has 0 aliphatic heterocycles. The molecule has 0 bridgehead atoms. The van der Waals surface area contributed by atoms with Crippen LogP contribution in [0.5, 0.6) is 0 Å². The Hall–Kier alpha value is -2.60. The van der Waals surface area contributed by atoms with E-state index in [1.54, 1.807) is 24.3 Å². The van der Waals surface area contributed by atoms with Gasteiger partial charge in [-0.1, -0.05) is 59.8 Å². The maximum Gasteiger partial charge on any atom is 0.195 e. The van der Waals surface area contributed by atoms with Gasteiger partial charge in [-0.25, -0.2) is 0 Å². The van der Waals surface area contributed by atoms with E-state index >= 15 is 0 Å². The first-order chi connectivity index (χ1) is 11.7. The van der Waals surface area contributed by atoms with Crippen LogP contribution in [0, 0.1) is 11.8 Å². The topological polar surface area (TPSA) is 17.1 Å². The SMILES string of the molecule is O=C(C=Cc1ccc(Cl)cc1)c1ccc(C#Cc2ccccc2)s1. The molecule has 0 saturated heterocycles. The van der Waals surface area contributed by atoms with E-state index in [9.17, 15) is 4.79 Å². The first-order valence-corrected chi connectivity index (χ1v) is 8.55. The molecule has 0 amide bonds. The molecule has 0 spiro atoms. The number of rotatable bonds is 3. The van der Waals surface area contributed by atoms with Gasteiger partial charge in [-0.05, 0) is 48.0 Å². The largest absolute Gasteiger partial charge is 0.288 e. The van der Waals surface area contributed by atoms with Gasteiger partial charge in [-0.15, -0.1) is 11.3 Å². The zero-order chi connectivity index (χ0) is 16.8. The highest BCUT2D eigenvalue weighted by atomic mass is 35.5. The summed E-state index contributed by atoms with van der Waals surface area (Å²) in [6, 6.07) is 20.8. The van der Waals surface area contributed by atoms with Crippen LogP contribution in [0.25, 0.3) is 6.08 Å². The van der Waals surface area contributed by atoms with Gasteiger partial charge in [-0.3, -0.25) is 4.79 Å². The average molecular weight is 349 g/mol. The Balaban J connectivity index is 1.70. The van der Waals surface area contributed by atoms with E-state index in [1.807, 2.05) is 54.6 Å². The van der Waals surface area contributed by atoms with Gasteiger partial charge in [-0.2, -0.15) is 0 Å². The molecule has 0 saturated carbocycles. The van der Waals surface area contributed by atoms with Crippen molar-refractivity contribution in [1.29, 1.82) is 0 Å². The molecule has 3 rings (SSSR count). The second kappa shape index (κ2) is 7.79. The minimum absolute atomic E-state index is 0.0253. The minimum atomic E-state index is -0.0253. The van der Waals surface area contributed by atoms with Gasteiger partial charge < -0.3 is 0 Å². The number of hydrogen-bond donors (Lipinski definition) is 0. The van der Waals surface area contributed by atoms with E-state index in [0.29, 0.717) is 9.90 Å². The summed E-state index contributed by atoms with van der Waals surface area (Å²) in [6.45, 7) is 0. The number of allylic oxidation sites excluding steroid dienone is 1. The molecule has 24 heavy (non-hydrogen) atoms. The molecule has 2 aromatic carbocycles. The Morgan fingerprint density at radius 2 is 1.67 bits per heavy atom. The predicted octanol–water partition coefficient (Wildman–Crippen LogP) is 5.70. The lowest BCUT2D eigenvalue weighted by Gasteiger charge is -1.93. The molecule has 0 N–H and O–H groups in total. The molecule has 0 radical (unpaired) electrons. The fourth-order valence-electron chi connectivity index (χ4n) is 2.02. The lowest BCUT2D eigenvalue weighted by molar-refractivity contribution is 0.105. The lowest BCUT2D eigenvalue weighted by atomic mass is 10.2. The van der Waals surface area contributed by atoms with Crippen LogP contribution in [0.4, 0.5) is 0 Å². The molecule has 116 valence electrons. The summed E-state index contributed by atoms with van der Waals surface area (Å²) in [5.74, 6) is 6.16. The maximum atomic E-state index is 12.2. The van der Waals surface area contributed by atoms with Crippen LogP contribution in [0.3, 0.4) is 0 Å². The number of ketones is 1. The molecule has 0 fully saturated rings. The van der Waals surface area contributed by atoms with Crippen molar-refractivity contribution in [3.8, 4) is 11.8 Å². The summed E-state index contributed by atoms with van der Waals surface area (Å²) >= 11 is 7.25. The second-order valence-corrected chi connectivity index (χ2v) is 6.55. The van der Waals surface area contributed by atoms with Gasteiger partial charge in [0.25, 0.3) is 0 Å². The van der Waals surface area contributed by atoms with Crippen molar-refractivity contribution in [2.45, 2.75) is 0 Å². The van der Waals surface area contributed by atoms with Gasteiger partial charge >= 0.3 is 0 Å². The van der Waals surface area contributed by atoms with Crippen molar-refractivity contribution in [3.63, 3.8) is 0 Å². The minimum Gasteiger partial charge on any atom is -0.288 e. The average Bonchev–Trinajstić information content (AvgIpc) is 3.09. The van der Waals surface area contributed by atoms with Crippen LogP contribution in [0.2, 0.25) is 5.02 Å². The Bertz CT molecular complexity index is 925. The number of halogens is 1. The van der Waals surface area contributed by atoms with E-state index in [-0.39, 0.29) is 5.78 Å². The molecule has 0 aliphatic carbocycles. The zero-order valence-electron chi connectivity index (χ0n) is 12.7. The molecule has 1 nitrogen and oxygen atoms in total. The summed E-state index contributed by atoms with van der Waals surface area (Å²) in [6.07, 6.45) is 3.36. The third-order valence-electron chi connectivity index (χ3n) is 3.25. The third-order valence-corrected chi connectivity index (χ3v) is 4.52. The monoisotopic (exact) mass is 348 g/mol. The maximum absolute atomic E-state index is 12.2. The molecule has 0 atom stereocenters. The van der Waals surface area contributed by atoms with E-state index in [2.05, 4.69) is 11.8 Å². The van der Waals surface area contributed by atoms with Crippen LogP contribution in [0.1, 0.15) is 25.7 Å². The smallest absolute Gasteiger partial charge is 0.195 e. The van der Waals surface area contributed by atoms with Gasteiger partial charge in [0.2, 0.25) is 0 Å². The molecular weight excluding hydrogens is 336 g/mol. The fourth-order valence-corrected chi connectivity index (χ4v) is 2.93. The molecule has 1 heterocycles. The molecule has 1 aromatic heterocycles. The van der Waals surface area contributed by atoms with Crippen LogP contribution < -0.4 is 0 Å². The standard InChI is InChI=1S/C21H13ClOS/c22-18-10-6-17(7-11-18)9-14-20(23)21-15-13-19(24-21)12-8-16-4-2-1-3-5-16/h1-7,9-11,13-15H. The van der Waals surface area contributed by atoms with Crippen LogP contribution in [-0.2, 0) is 0 Å². The zero-order valence-corrected chi connectivity index (χ0v) is 14.3. The molecule has 3 heteroatoms. The number of carbonyl (C=O) groups is 1. The van der Waals surface area contributed by atoms with E-state index < -0.39 is 0 Å². The van der Waals surface area contributed by atoms with Crippen molar-refractivity contribution in [1.82, 2.24) is 0 Å². The molecule has 0 aliphatic rings. The number of carbonyl (C=O) groups excluding carboxylic acids is 1. The van der Waals surface area contributed by atoms with Crippen molar-refractivity contribution in [2.75, 3.05) is 0 Å². The number of benzene rings is 2. The van der Waals surface area contributed by atoms with Crippen LogP contribution in [0.15, 0.2) is 72.8 Å². The van der Waals surface area contributed by atoms with E-state index in [1.165, 1.54) is 11.3 Å². The van der Waals surface area contributed by atoms with Gasteiger partial charge in [0.15, 0.2) is 5.78 Å². The summed E-state index contributed by atoms with van der Waals surface area (Å²) in [5, 5.41) is 0.679. The summed E-state index contributed by atoms with van der Waals surface area (Å²) in [7, 11) is 0. The Morgan fingerprint density at radius 3 is 2.42 bits per heavy atom. The van der Waals surface area contributed by atoms with Crippen molar-refractivity contribution < 1.29 is 4.79 Å². The molecule has 3 aromatic rings. The van der Waals surface area contributed by atoms with Gasteiger partial charge in [0.1, 0.15) is 0 Å². The first-order valence-electron chi connectivity index (χ1n) is 7.35. The van der Waals surface area contributed by atoms with Crippen LogP contribution in [-0.4, -0.2) is 5.78 Å². The highest BCUT2D eigenvalue weighted by Crippen LogP contribution is 2.18. The number of thiophene rings is 1. The van der Waals surface area contributed by atoms with Crippen molar-refractivity contribution in [2.24, 2.45) is 0 Å². The quantitative estimate of drug-likeness (QED) is 0.337. The Kier molecular flexibility index (Phi) is 5.28. The van der Waals surface area contributed by atoms with Crippen molar-refractivity contribution >= 4 is 34.8 Å². The summed E-state index contributed by atoms with van der Waals surface area (Å²) in [5.41, 5.74) is 1.90. The lowest BCUT2D eigenvalue weighted by Crippen LogP contribution is -1.88. The van der Waals surface area contributed by atoms with Crippen LogP contribution >= 0.6 is 22.9 Å². The van der Waals surface area contributed by atoms with Gasteiger partial charge in [0, 0.05) is 10.6 Å². The van der Waals surface area contributed by atoms with E-state index in [0.717, 1.165) is 16.0 Å². The number of hydrogen-bond acceptors (Lipinski definition) is 2. The summed E-state index contributed by atoms with van der Waals surface area (Å²) < 4.78 is 0. The Morgan fingerprint density at radius 1 is 0.917 bits per heavy atom. The fraction of sp³-hybridized carbons (Fsp3) is 0. The molecular formula is C21H13ClOS. The summed E-state index contributed by atoms with van der Waals surface area (Å²) in [4.78, 5) is 13.8. The first kappa shape index (κ1) is 16.3. The van der Waals surface area contributed by atoms with Gasteiger partial charge in [0.05, 0.1) is 9.75 Å². The molecule has 0 unspecified atom stereocenters.